The van der Waals surface area contributed by atoms with Crippen molar-refractivity contribution in [3.63, 3.8) is 0 Å². The number of phenols is 2. The van der Waals surface area contributed by atoms with E-state index in [0.717, 1.165) is 23.6 Å². The zero-order chi connectivity index (χ0) is 27.6. The van der Waals surface area contributed by atoms with Crippen LogP contribution in [0, 0.1) is 23.7 Å². The Morgan fingerprint density at radius 1 is 1.00 bits per heavy atom. The van der Waals surface area contributed by atoms with Crippen molar-refractivity contribution in [3.05, 3.63) is 59.2 Å². The fourth-order valence-corrected chi connectivity index (χ4v) is 5.69. The van der Waals surface area contributed by atoms with E-state index in [0.29, 0.717) is 12.8 Å². The van der Waals surface area contributed by atoms with Crippen LogP contribution in [0.2, 0.25) is 0 Å². The van der Waals surface area contributed by atoms with Crippen molar-refractivity contribution in [1.82, 2.24) is 0 Å². The number of phenolic OH excluding ortho intramolecular Hbond substituents is 2. The highest BCUT2D eigenvalue weighted by atomic mass is 16.5. The summed E-state index contributed by atoms with van der Waals surface area (Å²) in [6.07, 6.45) is -0.208. The minimum atomic E-state index is -1.62. The van der Waals surface area contributed by atoms with Gasteiger partial charge in [-0.25, -0.2) is 0 Å². The summed E-state index contributed by atoms with van der Waals surface area (Å²) in [6, 6.07) is 3.87. The predicted octanol–water partition coefficient (Wildman–Crippen LogP) is 4.35. The molecule has 3 rings (SSSR count). The molecule has 0 aromatic heterocycles. The lowest BCUT2D eigenvalue weighted by Gasteiger charge is -2.52. The molecular formula is C30H42O7. The van der Waals surface area contributed by atoms with Crippen LogP contribution in [0.3, 0.4) is 0 Å². The zero-order valence-electron chi connectivity index (χ0n) is 22.5. The van der Waals surface area contributed by atoms with E-state index in [1.54, 1.807) is 0 Å². The third-order valence-corrected chi connectivity index (χ3v) is 7.85. The lowest BCUT2D eigenvalue weighted by molar-refractivity contribution is -0.228. The summed E-state index contributed by atoms with van der Waals surface area (Å²) in [7, 11) is 0. The average Bonchev–Trinajstić information content (AvgIpc) is 2.80. The average molecular weight is 515 g/mol. The number of Topliss-reactive ketones (excluding diaryl/α,β-unsaturated/α-hetero) is 1. The summed E-state index contributed by atoms with van der Waals surface area (Å²) < 4.78 is 6.32. The van der Waals surface area contributed by atoms with Crippen LogP contribution in [0.5, 0.6) is 11.5 Å². The maximum absolute atomic E-state index is 13.6. The Balaban J connectivity index is 2.04. The van der Waals surface area contributed by atoms with Crippen molar-refractivity contribution in [3.8, 4) is 11.5 Å². The second-order valence-electron chi connectivity index (χ2n) is 11.3. The Labute approximate surface area is 219 Å². The highest BCUT2D eigenvalue weighted by molar-refractivity contribution is 5.88. The molecule has 204 valence electrons. The summed E-state index contributed by atoms with van der Waals surface area (Å²) >= 11 is 0. The predicted molar refractivity (Wildman–Crippen MR) is 142 cm³/mol. The van der Waals surface area contributed by atoms with Gasteiger partial charge in [0.15, 0.2) is 5.78 Å². The number of fused-ring (bicyclic) bond motifs is 1. The number of rotatable bonds is 8. The largest absolute Gasteiger partial charge is 0.508 e. The second-order valence-corrected chi connectivity index (χ2v) is 11.3. The molecule has 7 nitrogen and oxygen atoms in total. The fraction of sp³-hybridized carbons (Fsp3) is 0.567. The number of carbonyl (C=O) groups excluding carboxylic acids is 1. The molecule has 7 heteroatoms. The molecule has 1 heterocycles. The molecule has 0 radical (unpaired) electrons. The van der Waals surface area contributed by atoms with Gasteiger partial charge >= 0.3 is 0 Å². The highest BCUT2D eigenvalue weighted by Crippen LogP contribution is 2.49. The number of allylic oxidation sites excluding steroid dienone is 5. The summed E-state index contributed by atoms with van der Waals surface area (Å²) in [5.41, 5.74) is 3.31. The Kier molecular flexibility index (Phi) is 9.40. The number of ketones is 1. The smallest absolute Gasteiger partial charge is 0.172 e. The van der Waals surface area contributed by atoms with Gasteiger partial charge in [0.25, 0.3) is 0 Å². The van der Waals surface area contributed by atoms with Crippen LogP contribution in [-0.2, 0) is 9.53 Å². The van der Waals surface area contributed by atoms with Crippen molar-refractivity contribution < 1.29 is 35.1 Å². The van der Waals surface area contributed by atoms with Crippen molar-refractivity contribution in [2.45, 2.75) is 84.4 Å². The van der Waals surface area contributed by atoms with Crippen LogP contribution >= 0.6 is 0 Å². The minimum absolute atomic E-state index is 0.0145. The van der Waals surface area contributed by atoms with Gasteiger partial charge in [-0.3, -0.25) is 4.79 Å². The number of carbonyl (C=O) groups is 1. The molecule has 0 bridgehead atoms. The van der Waals surface area contributed by atoms with Gasteiger partial charge in [-0.15, -0.1) is 0 Å². The van der Waals surface area contributed by atoms with Crippen molar-refractivity contribution in [2.24, 2.45) is 23.7 Å². The molecule has 1 saturated carbocycles. The second kappa shape index (κ2) is 11.9. The van der Waals surface area contributed by atoms with Crippen LogP contribution < -0.4 is 0 Å². The van der Waals surface area contributed by atoms with Gasteiger partial charge in [0, 0.05) is 23.5 Å². The molecule has 0 unspecified atom stereocenters. The van der Waals surface area contributed by atoms with Crippen LogP contribution in [0.15, 0.2) is 53.6 Å². The molecule has 1 aliphatic carbocycles. The van der Waals surface area contributed by atoms with Crippen LogP contribution in [0.25, 0.3) is 0 Å². The van der Waals surface area contributed by atoms with Gasteiger partial charge < -0.3 is 30.3 Å². The van der Waals surface area contributed by atoms with E-state index >= 15 is 0 Å². The molecule has 9 atom stereocenters. The van der Waals surface area contributed by atoms with E-state index in [1.807, 2.05) is 40.7 Å². The fourth-order valence-electron chi connectivity index (χ4n) is 5.69. The molecule has 37 heavy (non-hydrogen) atoms. The number of aliphatic hydroxyl groups is 3. The van der Waals surface area contributed by atoms with E-state index in [-0.39, 0.29) is 23.0 Å². The Morgan fingerprint density at radius 2 is 1.65 bits per heavy atom. The normalized spacial score (nSPS) is 32.3. The van der Waals surface area contributed by atoms with Crippen molar-refractivity contribution in [1.29, 1.82) is 0 Å². The molecule has 2 aliphatic rings. The lowest BCUT2D eigenvalue weighted by Crippen LogP contribution is -2.63. The summed E-state index contributed by atoms with van der Waals surface area (Å²) in [6.45, 7) is 14.0. The van der Waals surface area contributed by atoms with E-state index in [1.165, 1.54) is 17.7 Å². The Hall–Kier alpha value is -2.45. The molecular weight excluding hydrogens is 472 g/mol. The molecule has 1 aliphatic heterocycles. The molecule has 1 aromatic carbocycles. The van der Waals surface area contributed by atoms with Crippen molar-refractivity contribution in [2.75, 3.05) is 0 Å². The molecule has 1 aromatic rings. The molecule has 0 spiro atoms. The third kappa shape index (κ3) is 6.34. The Bertz CT molecular complexity index is 1050. The van der Waals surface area contributed by atoms with Gasteiger partial charge in [0.05, 0.1) is 24.2 Å². The number of benzene rings is 1. The number of hydrogen-bond donors (Lipinski definition) is 5. The Morgan fingerprint density at radius 3 is 2.22 bits per heavy atom. The monoisotopic (exact) mass is 514 g/mol. The maximum Gasteiger partial charge on any atom is 0.172 e. The number of ether oxygens (including phenoxy) is 1. The molecule has 0 amide bonds. The van der Waals surface area contributed by atoms with Gasteiger partial charge in [-0.2, -0.15) is 0 Å². The molecule has 1 saturated heterocycles. The number of aromatic hydroxyl groups is 2. The third-order valence-electron chi connectivity index (χ3n) is 7.85. The maximum atomic E-state index is 13.6. The molecule has 5 N–H and O–H groups in total. The first-order chi connectivity index (χ1) is 17.3. The zero-order valence-corrected chi connectivity index (χ0v) is 22.5. The SMILES string of the molecule is C=C(C)[C@@H](CC=C(C)C)C[C@@H]1[C@H](O)[C@H](CC=C(C)C)[C@H](O)[C@H]2C(=O)[C@H](O)[C@@H](c3ccc(O)cc3O)O[C@H]12. The van der Waals surface area contributed by atoms with Crippen molar-refractivity contribution >= 4 is 5.78 Å². The summed E-state index contributed by atoms with van der Waals surface area (Å²) in [5, 5.41) is 54.0. The van der Waals surface area contributed by atoms with E-state index in [2.05, 4.69) is 12.7 Å². The minimum Gasteiger partial charge on any atom is -0.508 e. The highest BCUT2D eigenvalue weighted by Gasteiger charge is 2.58. The first kappa shape index (κ1) is 29.1. The molecule has 2 fully saturated rings. The van der Waals surface area contributed by atoms with E-state index in [9.17, 15) is 30.3 Å². The van der Waals surface area contributed by atoms with Gasteiger partial charge in [0.1, 0.15) is 23.7 Å². The number of aliphatic hydroxyl groups excluding tert-OH is 3. The number of hydrogen-bond acceptors (Lipinski definition) is 7. The van der Waals surface area contributed by atoms with Gasteiger partial charge in [-0.05, 0) is 71.9 Å². The van der Waals surface area contributed by atoms with E-state index < -0.39 is 54.1 Å². The van der Waals surface area contributed by atoms with Crippen LogP contribution in [-0.4, -0.2) is 55.7 Å². The van der Waals surface area contributed by atoms with E-state index in [4.69, 9.17) is 4.74 Å². The van der Waals surface area contributed by atoms with Crippen LogP contribution in [0.1, 0.15) is 65.5 Å². The standard InChI is InChI=1S/C30H42O7/c1-15(2)7-9-18(17(5)6)13-22-25(33)21(11-8-16(3)4)26(34)24-27(35)28(36)30(37-29(22)24)20-12-10-19(31)14-23(20)32/h7-8,10,12,14,18,21-22,24-26,28-34,36H,5,9,11,13H2,1-4,6H3/t18-,21-,22+,24-,25+,26-,28-,29+,30+/m0/s1. The first-order valence-corrected chi connectivity index (χ1v) is 13.0. The summed E-state index contributed by atoms with van der Waals surface area (Å²) in [4.78, 5) is 13.6. The van der Waals surface area contributed by atoms with Gasteiger partial charge in [0.2, 0.25) is 0 Å². The topological polar surface area (TPSA) is 127 Å². The summed E-state index contributed by atoms with van der Waals surface area (Å²) in [5.74, 6) is -3.18. The quantitative estimate of drug-likeness (QED) is 0.326. The lowest BCUT2D eigenvalue weighted by atomic mass is 9.62. The first-order valence-electron chi connectivity index (χ1n) is 13.0. The van der Waals surface area contributed by atoms with Crippen LogP contribution in [0.4, 0.5) is 0 Å². The van der Waals surface area contributed by atoms with Gasteiger partial charge in [-0.1, -0.05) is 35.5 Å².